The Morgan fingerprint density at radius 1 is 1.03 bits per heavy atom. The number of halogens is 2. The minimum absolute atomic E-state index is 0.0391. The number of carbonyl (C=O) groups is 1. The van der Waals surface area contributed by atoms with Gasteiger partial charge in [0.2, 0.25) is 15.9 Å². The summed E-state index contributed by atoms with van der Waals surface area (Å²) in [6, 6.07) is 9.74. The van der Waals surface area contributed by atoms with Gasteiger partial charge in [-0.3, -0.25) is 4.79 Å². The minimum Gasteiger partial charge on any atom is -0.375 e. The van der Waals surface area contributed by atoms with E-state index in [0.717, 1.165) is 24.8 Å². The third-order valence-corrected chi connectivity index (χ3v) is 7.26. The highest BCUT2D eigenvalue weighted by Gasteiger charge is 2.26. The van der Waals surface area contributed by atoms with Crippen LogP contribution in [0.5, 0.6) is 0 Å². The molecule has 9 heteroatoms. The molecule has 1 aliphatic heterocycles. The van der Waals surface area contributed by atoms with E-state index in [0.29, 0.717) is 34.5 Å². The first-order chi connectivity index (χ1) is 13.8. The fourth-order valence-electron chi connectivity index (χ4n) is 3.15. The second kappa shape index (κ2) is 9.34. The van der Waals surface area contributed by atoms with E-state index >= 15 is 0 Å². The molecule has 1 saturated heterocycles. The van der Waals surface area contributed by atoms with Crippen LogP contribution in [0.3, 0.4) is 0 Å². The van der Waals surface area contributed by atoms with Gasteiger partial charge in [0.15, 0.2) is 0 Å². The van der Waals surface area contributed by atoms with Gasteiger partial charge in [0.05, 0.1) is 22.2 Å². The van der Waals surface area contributed by atoms with Gasteiger partial charge in [-0.25, -0.2) is 8.42 Å². The standard InChI is InChI=1S/C20H23Cl2N3O3S/c1-14-5-7-16(29(27,28)25-9-3-2-4-10-25)12-18(14)24-20(26)13-23-19-11-15(21)6-8-17(19)22/h5-8,11-12,23H,2-4,9-10,13H2,1H3,(H,24,26). The van der Waals surface area contributed by atoms with Crippen LogP contribution in [0.15, 0.2) is 41.3 Å². The van der Waals surface area contributed by atoms with Gasteiger partial charge in [0, 0.05) is 23.8 Å². The highest BCUT2D eigenvalue weighted by Crippen LogP contribution is 2.26. The number of nitrogens with zero attached hydrogens (tertiary/aromatic N) is 1. The third kappa shape index (κ3) is 5.42. The molecule has 2 aromatic rings. The number of benzene rings is 2. The number of aryl methyl sites for hydroxylation is 1. The Morgan fingerprint density at radius 2 is 1.76 bits per heavy atom. The number of hydrogen-bond donors (Lipinski definition) is 2. The molecule has 3 rings (SSSR count). The van der Waals surface area contributed by atoms with Crippen LogP contribution in [-0.4, -0.2) is 38.3 Å². The minimum atomic E-state index is -3.57. The fourth-order valence-corrected chi connectivity index (χ4v) is 5.05. The molecular weight excluding hydrogens is 433 g/mol. The number of hydrogen-bond acceptors (Lipinski definition) is 4. The topological polar surface area (TPSA) is 78.5 Å². The number of rotatable bonds is 6. The lowest BCUT2D eigenvalue weighted by Crippen LogP contribution is -2.35. The van der Waals surface area contributed by atoms with Crippen LogP contribution in [-0.2, 0) is 14.8 Å². The van der Waals surface area contributed by atoms with Gasteiger partial charge in [0.25, 0.3) is 0 Å². The normalized spacial score (nSPS) is 15.1. The molecule has 0 aliphatic carbocycles. The van der Waals surface area contributed by atoms with E-state index in [-0.39, 0.29) is 17.3 Å². The zero-order valence-electron chi connectivity index (χ0n) is 16.0. The number of anilines is 2. The maximum Gasteiger partial charge on any atom is 0.243 e. The summed E-state index contributed by atoms with van der Waals surface area (Å²) in [6.45, 7) is 2.83. The zero-order chi connectivity index (χ0) is 21.0. The first-order valence-electron chi connectivity index (χ1n) is 9.37. The Labute approximate surface area is 181 Å². The summed E-state index contributed by atoms with van der Waals surface area (Å²) >= 11 is 12.0. The zero-order valence-corrected chi connectivity index (χ0v) is 18.4. The summed E-state index contributed by atoms with van der Waals surface area (Å²) < 4.78 is 27.3. The summed E-state index contributed by atoms with van der Waals surface area (Å²) in [5, 5.41) is 6.66. The molecule has 0 radical (unpaired) electrons. The SMILES string of the molecule is Cc1ccc(S(=O)(=O)N2CCCCC2)cc1NC(=O)CNc1cc(Cl)ccc1Cl. The van der Waals surface area contributed by atoms with Gasteiger partial charge in [0.1, 0.15) is 0 Å². The predicted molar refractivity (Wildman–Crippen MR) is 117 cm³/mol. The van der Waals surface area contributed by atoms with Gasteiger partial charge >= 0.3 is 0 Å². The first-order valence-corrected chi connectivity index (χ1v) is 11.6. The molecule has 1 heterocycles. The van der Waals surface area contributed by atoms with Crippen LogP contribution >= 0.6 is 23.2 Å². The van der Waals surface area contributed by atoms with Crippen molar-refractivity contribution in [3.05, 3.63) is 52.0 Å². The highest BCUT2D eigenvalue weighted by molar-refractivity contribution is 7.89. The molecule has 1 aliphatic rings. The van der Waals surface area contributed by atoms with Crippen molar-refractivity contribution >= 4 is 50.5 Å². The van der Waals surface area contributed by atoms with Crippen molar-refractivity contribution in [1.82, 2.24) is 4.31 Å². The molecule has 0 saturated carbocycles. The number of nitrogens with one attached hydrogen (secondary N) is 2. The van der Waals surface area contributed by atoms with Crippen molar-refractivity contribution < 1.29 is 13.2 Å². The Morgan fingerprint density at radius 3 is 2.48 bits per heavy atom. The lowest BCUT2D eigenvalue weighted by Gasteiger charge is -2.26. The molecule has 29 heavy (non-hydrogen) atoms. The average molecular weight is 456 g/mol. The van der Waals surface area contributed by atoms with E-state index in [9.17, 15) is 13.2 Å². The summed E-state index contributed by atoms with van der Waals surface area (Å²) in [5.74, 6) is -0.323. The van der Waals surface area contributed by atoms with Crippen molar-refractivity contribution in [2.45, 2.75) is 31.1 Å². The van der Waals surface area contributed by atoms with Crippen molar-refractivity contribution in [3.8, 4) is 0 Å². The van der Waals surface area contributed by atoms with Crippen LogP contribution in [0.25, 0.3) is 0 Å². The molecular formula is C20H23Cl2N3O3S. The lowest BCUT2D eigenvalue weighted by molar-refractivity contribution is -0.114. The van der Waals surface area contributed by atoms with E-state index in [4.69, 9.17) is 23.2 Å². The number of carbonyl (C=O) groups excluding carboxylic acids is 1. The highest BCUT2D eigenvalue weighted by atomic mass is 35.5. The molecule has 1 amide bonds. The van der Waals surface area contributed by atoms with Crippen LogP contribution < -0.4 is 10.6 Å². The molecule has 0 atom stereocenters. The Hall–Kier alpha value is -1.80. The summed E-state index contributed by atoms with van der Waals surface area (Å²) in [7, 11) is -3.57. The number of amides is 1. The molecule has 0 aromatic heterocycles. The molecule has 0 unspecified atom stereocenters. The van der Waals surface area contributed by atoms with Gasteiger partial charge in [-0.05, 0) is 55.7 Å². The quantitative estimate of drug-likeness (QED) is 0.670. The van der Waals surface area contributed by atoms with Gasteiger partial charge < -0.3 is 10.6 Å². The van der Waals surface area contributed by atoms with E-state index < -0.39 is 10.0 Å². The fraction of sp³-hybridized carbons (Fsp3) is 0.350. The summed E-state index contributed by atoms with van der Waals surface area (Å²) in [4.78, 5) is 12.6. The largest absolute Gasteiger partial charge is 0.375 e. The molecule has 2 aromatic carbocycles. The number of piperidine rings is 1. The maximum absolute atomic E-state index is 12.9. The van der Waals surface area contributed by atoms with Crippen LogP contribution in [0.1, 0.15) is 24.8 Å². The molecule has 0 bridgehead atoms. The van der Waals surface area contributed by atoms with Crippen molar-refractivity contribution in [3.63, 3.8) is 0 Å². The van der Waals surface area contributed by atoms with Gasteiger partial charge in [-0.2, -0.15) is 4.31 Å². The van der Waals surface area contributed by atoms with Gasteiger partial charge in [-0.1, -0.05) is 35.7 Å². The Balaban J connectivity index is 1.71. The maximum atomic E-state index is 12.9. The van der Waals surface area contributed by atoms with Crippen molar-refractivity contribution in [1.29, 1.82) is 0 Å². The van der Waals surface area contributed by atoms with Gasteiger partial charge in [-0.15, -0.1) is 0 Å². The molecule has 6 nitrogen and oxygen atoms in total. The second-order valence-corrected chi connectivity index (χ2v) is 9.75. The van der Waals surface area contributed by atoms with Crippen LogP contribution in [0, 0.1) is 6.92 Å². The van der Waals surface area contributed by atoms with E-state index in [1.165, 1.54) is 10.4 Å². The first kappa shape index (κ1) is 21.9. The van der Waals surface area contributed by atoms with E-state index in [2.05, 4.69) is 10.6 Å². The van der Waals surface area contributed by atoms with Crippen LogP contribution in [0.4, 0.5) is 11.4 Å². The predicted octanol–water partition coefficient (Wildman–Crippen LogP) is 4.53. The van der Waals surface area contributed by atoms with Crippen LogP contribution in [0.2, 0.25) is 10.0 Å². The summed E-state index contributed by atoms with van der Waals surface area (Å²) in [6.07, 6.45) is 2.78. The summed E-state index contributed by atoms with van der Waals surface area (Å²) in [5.41, 5.74) is 1.79. The number of sulfonamides is 1. The Bertz CT molecular complexity index is 1010. The molecule has 0 spiro atoms. The smallest absolute Gasteiger partial charge is 0.243 e. The third-order valence-electron chi connectivity index (χ3n) is 4.80. The van der Waals surface area contributed by atoms with E-state index in [1.807, 2.05) is 6.92 Å². The molecule has 2 N–H and O–H groups in total. The molecule has 1 fully saturated rings. The van der Waals surface area contributed by atoms with Crippen molar-refractivity contribution in [2.24, 2.45) is 0 Å². The molecule has 156 valence electrons. The monoisotopic (exact) mass is 455 g/mol. The second-order valence-electron chi connectivity index (χ2n) is 6.97. The lowest BCUT2D eigenvalue weighted by atomic mass is 10.2. The average Bonchev–Trinajstić information content (AvgIpc) is 2.71. The Kier molecular flexibility index (Phi) is 7.05. The van der Waals surface area contributed by atoms with Crippen molar-refractivity contribution in [2.75, 3.05) is 30.3 Å². The van der Waals surface area contributed by atoms with E-state index in [1.54, 1.807) is 30.3 Å².